The molecule has 170 valence electrons. The summed E-state index contributed by atoms with van der Waals surface area (Å²) in [7, 11) is 2.07. The van der Waals surface area contributed by atoms with Gasteiger partial charge in [0.25, 0.3) is 0 Å². The van der Waals surface area contributed by atoms with Crippen molar-refractivity contribution in [1.29, 1.82) is 0 Å². The molecule has 4 rings (SSSR count). The van der Waals surface area contributed by atoms with Crippen LogP contribution in [0.15, 0.2) is 36.9 Å². The van der Waals surface area contributed by atoms with Gasteiger partial charge in [-0.3, -0.25) is 9.36 Å². The summed E-state index contributed by atoms with van der Waals surface area (Å²) >= 11 is 1.26. The summed E-state index contributed by atoms with van der Waals surface area (Å²) in [5.41, 5.74) is 1.16. The van der Waals surface area contributed by atoms with Crippen molar-refractivity contribution in [3.63, 3.8) is 0 Å². The average molecular weight is 459 g/mol. The lowest BCUT2D eigenvalue weighted by molar-refractivity contribution is -0.141. The fourth-order valence-corrected chi connectivity index (χ4v) is 4.08. The second-order valence-corrected chi connectivity index (χ2v) is 8.08. The van der Waals surface area contributed by atoms with E-state index in [2.05, 4.69) is 32.4 Å². The van der Waals surface area contributed by atoms with Gasteiger partial charge in [0.1, 0.15) is 12.9 Å². The Balaban J connectivity index is 1.34. The van der Waals surface area contributed by atoms with E-state index in [-0.39, 0.29) is 19.3 Å². The molecule has 0 spiro atoms. The zero-order valence-corrected chi connectivity index (χ0v) is 19.0. The van der Waals surface area contributed by atoms with Crippen LogP contribution >= 0.6 is 11.5 Å². The highest BCUT2D eigenvalue weighted by Crippen LogP contribution is 2.32. The molecular weight excluding hydrogens is 432 g/mol. The van der Waals surface area contributed by atoms with Crippen molar-refractivity contribution in [2.24, 2.45) is 0 Å². The van der Waals surface area contributed by atoms with Crippen LogP contribution in [0.5, 0.6) is 11.5 Å². The van der Waals surface area contributed by atoms with Gasteiger partial charge in [-0.05, 0) is 44.6 Å². The second kappa shape index (κ2) is 10.4. The van der Waals surface area contributed by atoms with Gasteiger partial charge >= 0.3 is 5.97 Å². The van der Waals surface area contributed by atoms with Crippen molar-refractivity contribution in [3.05, 3.63) is 42.5 Å². The molecule has 2 aromatic heterocycles. The highest BCUT2D eigenvalue weighted by Gasteiger charge is 2.18. The predicted octanol–water partition coefficient (Wildman–Crippen LogP) is 2.34. The SMILES string of the molecule is CCOC(=O)CN(CCCN(C)Cc1ccc2c(c1)OCO2)c1nc(-n2ccnc2)ns1. The summed E-state index contributed by atoms with van der Waals surface area (Å²) in [6.45, 7) is 4.86. The number of ether oxygens (including phenoxy) is 3. The molecule has 1 aliphatic rings. The number of esters is 1. The molecule has 0 fully saturated rings. The minimum absolute atomic E-state index is 0.137. The van der Waals surface area contributed by atoms with Crippen LogP contribution in [0.4, 0.5) is 5.13 Å². The number of rotatable bonds is 11. The quantitative estimate of drug-likeness (QED) is 0.401. The van der Waals surface area contributed by atoms with Gasteiger partial charge in [0.2, 0.25) is 17.9 Å². The predicted molar refractivity (Wildman–Crippen MR) is 119 cm³/mol. The lowest BCUT2D eigenvalue weighted by Gasteiger charge is -2.22. The molecule has 0 amide bonds. The molecule has 3 heterocycles. The van der Waals surface area contributed by atoms with Crippen molar-refractivity contribution in [2.75, 3.05) is 45.0 Å². The summed E-state index contributed by atoms with van der Waals surface area (Å²) in [5, 5.41) is 0.681. The van der Waals surface area contributed by atoms with E-state index >= 15 is 0 Å². The zero-order valence-electron chi connectivity index (χ0n) is 18.1. The molecular formula is C21H26N6O4S. The van der Waals surface area contributed by atoms with Gasteiger partial charge in [0.05, 0.1) is 6.61 Å². The number of fused-ring (bicyclic) bond motifs is 1. The third-order valence-electron chi connectivity index (χ3n) is 4.89. The van der Waals surface area contributed by atoms with E-state index in [1.165, 1.54) is 11.5 Å². The molecule has 11 heteroatoms. The monoisotopic (exact) mass is 458 g/mol. The van der Waals surface area contributed by atoms with Crippen LogP contribution in [-0.4, -0.2) is 69.9 Å². The molecule has 0 saturated carbocycles. The van der Waals surface area contributed by atoms with Crippen LogP contribution in [-0.2, 0) is 16.1 Å². The van der Waals surface area contributed by atoms with Crippen LogP contribution in [0, 0.1) is 0 Å². The Kier molecular flexibility index (Phi) is 7.17. The van der Waals surface area contributed by atoms with Crippen molar-refractivity contribution < 1.29 is 19.0 Å². The van der Waals surface area contributed by atoms with E-state index < -0.39 is 0 Å². The molecule has 1 aromatic carbocycles. The molecule has 0 unspecified atom stereocenters. The number of anilines is 1. The minimum atomic E-state index is -0.277. The molecule has 0 N–H and O–H groups in total. The highest BCUT2D eigenvalue weighted by atomic mass is 32.1. The first kappa shape index (κ1) is 22.0. The van der Waals surface area contributed by atoms with Crippen LogP contribution in [0.3, 0.4) is 0 Å². The summed E-state index contributed by atoms with van der Waals surface area (Å²) in [6.07, 6.45) is 5.95. The fraction of sp³-hybridized carbons (Fsp3) is 0.429. The molecule has 1 aliphatic heterocycles. The maximum absolute atomic E-state index is 12.1. The normalized spacial score (nSPS) is 12.3. The number of hydrogen-bond acceptors (Lipinski definition) is 10. The minimum Gasteiger partial charge on any atom is -0.465 e. The Morgan fingerprint density at radius 1 is 1.28 bits per heavy atom. The first-order valence-electron chi connectivity index (χ1n) is 10.4. The number of aromatic nitrogens is 4. The highest BCUT2D eigenvalue weighted by molar-refractivity contribution is 7.09. The summed E-state index contributed by atoms with van der Waals surface area (Å²) in [6, 6.07) is 6.01. The van der Waals surface area contributed by atoms with E-state index in [0.717, 1.165) is 36.6 Å². The van der Waals surface area contributed by atoms with Crippen molar-refractivity contribution >= 4 is 22.6 Å². The number of hydrogen-bond donors (Lipinski definition) is 0. The Hall–Kier alpha value is -3.18. The van der Waals surface area contributed by atoms with Crippen LogP contribution in [0.25, 0.3) is 5.95 Å². The van der Waals surface area contributed by atoms with Gasteiger partial charge in [0.15, 0.2) is 11.5 Å². The zero-order chi connectivity index (χ0) is 22.3. The molecule has 10 nitrogen and oxygen atoms in total. The maximum atomic E-state index is 12.1. The molecule has 0 saturated heterocycles. The first-order valence-corrected chi connectivity index (χ1v) is 11.2. The standard InChI is InChI=1S/C21H26N6O4S/c1-3-29-19(28)13-26(21-23-20(24-32-21)27-10-7-22-14-27)9-4-8-25(2)12-16-5-6-17-18(11-16)31-15-30-17/h5-7,10-11,14H,3-4,8-9,12-13,15H2,1-2H3. The van der Waals surface area contributed by atoms with Gasteiger partial charge in [-0.2, -0.15) is 9.36 Å². The van der Waals surface area contributed by atoms with Crippen molar-refractivity contribution in [3.8, 4) is 17.4 Å². The van der Waals surface area contributed by atoms with Gasteiger partial charge in [-0.1, -0.05) is 6.07 Å². The third-order valence-corrected chi connectivity index (χ3v) is 5.66. The first-order chi connectivity index (χ1) is 15.6. The molecule has 0 bridgehead atoms. The Morgan fingerprint density at radius 2 is 2.16 bits per heavy atom. The Bertz CT molecular complexity index is 1030. The third kappa shape index (κ3) is 5.54. The summed E-state index contributed by atoms with van der Waals surface area (Å²) in [5.74, 6) is 1.84. The lowest BCUT2D eigenvalue weighted by atomic mass is 10.2. The van der Waals surface area contributed by atoms with Crippen LogP contribution < -0.4 is 14.4 Å². The smallest absolute Gasteiger partial charge is 0.325 e. The van der Waals surface area contributed by atoms with E-state index in [9.17, 15) is 4.79 Å². The van der Waals surface area contributed by atoms with Gasteiger partial charge < -0.3 is 24.0 Å². The number of nitrogens with zero attached hydrogens (tertiary/aromatic N) is 6. The number of benzene rings is 1. The molecule has 0 radical (unpaired) electrons. The Morgan fingerprint density at radius 3 is 2.97 bits per heavy atom. The van der Waals surface area contributed by atoms with Crippen molar-refractivity contribution in [1.82, 2.24) is 23.8 Å². The van der Waals surface area contributed by atoms with Crippen LogP contribution in [0.2, 0.25) is 0 Å². The van der Waals surface area contributed by atoms with Gasteiger partial charge in [-0.25, -0.2) is 4.98 Å². The summed E-state index contributed by atoms with van der Waals surface area (Å²) in [4.78, 5) is 24.9. The summed E-state index contributed by atoms with van der Waals surface area (Å²) < 4.78 is 22.1. The van der Waals surface area contributed by atoms with E-state index in [4.69, 9.17) is 14.2 Å². The maximum Gasteiger partial charge on any atom is 0.325 e. The second-order valence-electron chi connectivity index (χ2n) is 7.35. The number of carbonyl (C=O) groups excluding carboxylic acids is 1. The lowest BCUT2D eigenvalue weighted by Crippen LogP contribution is -2.33. The fourth-order valence-electron chi connectivity index (χ4n) is 3.39. The van der Waals surface area contributed by atoms with E-state index in [1.54, 1.807) is 30.2 Å². The number of carbonyl (C=O) groups is 1. The topological polar surface area (TPSA) is 94.8 Å². The Labute approximate surface area is 190 Å². The molecule has 0 aliphatic carbocycles. The largest absolute Gasteiger partial charge is 0.465 e. The molecule has 0 atom stereocenters. The average Bonchev–Trinajstić information content (AvgIpc) is 3.54. The molecule has 32 heavy (non-hydrogen) atoms. The number of imidazole rings is 1. The van der Waals surface area contributed by atoms with Crippen molar-refractivity contribution in [2.45, 2.75) is 19.9 Å². The van der Waals surface area contributed by atoms with Gasteiger partial charge in [0, 0.05) is 37.0 Å². The van der Waals surface area contributed by atoms with Gasteiger partial charge in [-0.15, -0.1) is 0 Å². The molecule has 3 aromatic rings. The van der Waals surface area contributed by atoms with Crippen LogP contribution in [0.1, 0.15) is 18.9 Å². The van der Waals surface area contributed by atoms with E-state index in [1.807, 2.05) is 17.0 Å². The van der Waals surface area contributed by atoms with E-state index in [0.29, 0.717) is 24.2 Å².